The summed E-state index contributed by atoms with van der Waals surface area (Å²) >= 11 is 0. The molecule has 3 N–H and O–H groups in total. The number of amides is 1. The second kappa shape index (κ2) is 2.14. The Kier molecular flexibility index (Phi) is 1.44. The average molecular weight is 181 g/mol. The van der Waals surface area contributed by atoms with E-state index in [2.05, 4.69) is 25.8 Å². The molecule has 0 aromatic rings. The molecule has 1 saturated carbocycles. The number of nitrogens with two attached hydrogens (primary N) is 1. The molecule has 0 aromatic carbocycles. The Labute approximate surface area is 78.4 Å². The van der Waals surface area contributed by atoms with Gasteiger partial charge in [0.2, 0.25) is 0 Å². The van der Waals surface area contributed by atoms with Gasteiger partial charge in [0.1, 0.15) is 0 Å². The Hall–Kier alpha value is -0.860. The fourth-order valence-electron chi connectivity index (χ4n) is 2.80. The topological polar surface area (TPSA) is 57.1 Å². The summed E-state index contributed by atoms with van der Waals surface area (Å²) in [5.41, 5.74) is 5.91. The van der Waals surface area contributed by atoms with Crippen LogP contribution in [0.25, 0.3) is 0 Å². The molecule has 3 heteroatoms. The summed E-state index contributed by atoms with van der Waals surface area (Å²) in [6, 6.07) is 0. The first-order valence-electron chi connectivity index (χ1n) is 4.83. The Morgan fingerprint density at radius 3 is 2.69 bits per heavy atom. The number of carbonyl (C=O) groups excluding carboxylic acids is 1. The summed E-state index contributed by atoms with van der Waals surface area (Å²) in [6.07, 6.45) is 1.99. The predicted octanol–water partition coefficient (Wildman–Crippen LogP) is -0.593. The maximum absolute atomic E-state index is 11.6. The van der Waals surface area contributed by atoms with Gasteiger partial charge < -0.3 is 0 Å². The minimum Gasteiger partial charge on any atom is -0.290 e. The zero-order valence-corrected chi connectivity index (χ0v) is 8.48. The van der Waals surface area contributed by atoms with Crippen LogP contribution in [0.4, 0.5) is 0 Å². The third kappa shape index (κ3) is 0.798. The van der Waals surface area contributed by atoms with Gasteiger partial charge in [0.15, 0.2) is 0 Å². The molecule has 3 nitrogen and oxygen atoms in total. The Balaban J connectivity index is 2.59. The van der Waals surface area contributed by atoms with Crippen LogP contribution in [0, 0.1) is 16.7 Å². The van der Waals surface area contributed by atoms with Crippen LogP contribution in [-0.2, 0) is 4.79 Å². The van der Waals surface area contributed by atoms with E-state index in [4.69, 9.17) is 5.73 Å². The molecule has 2 aliphatic rings. The molecule has 72 valence electrons. The number of fused-ring (bicyclic) bond motifs is 2. The van der Waals surface area contributed by atoms with Crippen molar-refractivity contribution in [3.8, 4) is 0 Å². The normalized spacial score (nSPS) is 41.9. The number of nitrogens with one attached hydrogen (secondary N) is 1. The van der Waals surface area contributed by atoms with Gasteiger partial charge in [-0.1, -0.05) is 13.8 Å². The number of carbonyl (C=O) groups is 1. The summed E-state index contributed by atoms with van der Waals surface area (Å²) in [6.45, 7) is 6.45. The Morgan fingerprint density at radius 1 is 1.46 bits per heavy atom. The minimum atomic E-state index is -0.00836. The monoisotopic (exact) mass is 181 g/mol. The fraction of sp³-hybridized carbons (Fsp3) is 0.800. The van der Waals surface area contributed by atoms with E-state index in [0.717, 1.165) is 12.8 Å². The number of rotatable bonds is 0. The molecule has 0 saturated heterocycles. The van der Waals surface area contributed by atoms with Gasteiger partial charge in [-0.25, -0.2) is 9.79 Å². The predicted molar refractivity (Wildman–Crippen MR) is 49.8 cm³/mol. The third-order valence-corrected chi connectivity index (χ3v) is 4.40. The molecule has 2 bridgehead atoms. The molecule has 1 aliphatic carbocycles. The highest BCUT2D eigenvalue weighted by molar-refractivity contribution is 5.91. The quantitative estimate of drug-likeness (QED) is 0.524. The molecule has 1 fully saturated rings. The van der Waals surface area contributed by atoms with Crippen LogP contribution < -0.4 is 10.7 Å². The van der Waals surface area contributed by atoms with Crippen molar-refractivity contribution in [2.45, 2.75) is 33.6 Å². The van der Waals surface area contributed by atoms with Gasteiger partial charge >= 0.3 is 5.91 Å². The minimum absolute atomic E-state index is 0.00836. The highest BCUT2D eigenvalue weighted by atomic mass is 16.1. The molecular formula is C10H17N2O+. The molecule has 0 spiro atoms. The van der Waals surface area contributed by atoms with E-state index in [1.807, 2.05) is 0 Å². The molecular weight excluding hydrogens is 164 g/mol. The highest BCUT2D eigenvalue weighted by Crippen LogP contribution is 2.56. The molecule has 2 atom stereocenters. The number of hydrogen-bond donors (Lipinski definition) is 2. The second-order valence-corrected chi connectivity index (χ2v) is 5.05. The van der Waals surface area contributed by atoms with Gasteiger partial charge in [-0.05, 0) is 25.2 Å². The second-order valence-electron chi connectivity index (χ2n) is 5.05. The standard InChI is InChI=1S/C10H16N2O/c1-9(2)6-4-5-10(9,3)8(11)12-7(6)13/h6H,4-5H2,1-3H3,(H2,11,12,13)/p+1/t6-,10-/m1/s1. The molecule has 1 heterocycles. The van der Waals surface area contributed by atoms with E-state index < -0.39 is 0 Å². The zero-order chi connectivity index (χ0) is 9.85. The lowest BCUT2D eigenvalue weighted by atomic mass is 9.63. The van der Waals surface area contributed by atoms with Crippen molar-refractivity contribution in [2.24, 2.45) is 22.5 Å². The molecule has 2 rings (SSSR count). The SMILES string of the molecule is CC1(C)[C@@H]2CC[C@]1(C)C(N)=[NH+]C2=O. The van der Waals surface area contributed by atoms with Crippen LogP contribution in [-0.4, -0.2) is 11.7 Å². The lowest BCUT2D eigenvalue weighted by Gasteiger charge is -2.39. The number of hydrogen-bond acceptors (Lipinski definition) is 2. The van der Waals surface area contributed by atoms with Crippen LogP contribution in [0.5, 0.6) is 0 Å². The van der Waals surface area contributed by atoms with E-state index in [0.29, 0.717) is 5.84 Å². The van der Waals surface area contributed by atoms with Gasteiger partial charge in [0.25, 0.3) is 5.84 Å². The fourth-order valence-corrected chi connectivity index (χ4v) is 2.80. The van der Waals surface area contributed by atoms with Crippen LogP contribution >= 0.6 is 0 Å². The van der Waals surface area contributed by atoms with Gasteiger partial charge in [0, 0.05) is 0 Å². The maximum Gasteiger partial charge on any atom is 0.310 e. The summed E-state index contributed by atoms with van der Waals surface area (Å²) in [5, 5.41) is 0. The van der Waals surface area contributed by atoms with Gasteiger partial charge in [-0.3, -0.25) is 5.73 Å². The van der Waals surface area contributed by atoms with Gasteiger partial charge in [-0.15, -0.1) is 0 Å². The van der Waals surface area contributed by atoms with E-state index in [1.165, 1.54) is 0 Å². The average Bonchev–Trinajstić information content (AvgIpc) is 2.16. The van der Waals surface area contributed by atoms with Crippen LogP contribution in [0.2, 0.25) is 0 Å². The van der Waals surface area contributed by atoms with E-state index in [1.54, 1.807) is 0 Å². The van der Waals surface area contributed by atoms with E-state index in [9.17, 15) is 4.79 Å². The van der Waals surface area contributed by atoms with Crippen LogP contribution in [0.1, 0.15) is 33.6 Å². The van der Waals surface area contributed by atoms with Gasteiger partial charge in [0.05, 0.1) is 11.3 Å². The molecule has 13 heavy (non-hydrogen) atoms. The van der Waals surface area contributed by atoms with Crippen molar-refractivity contribution in [1.82, 2.24) is 0 Å². The third-order valence-electron chi connectivity index (χ3n) is 4.40. The van der Waals surface area contributed by atoms with Crippen molar-refractivity contribution in [3.05, 3.63) is 0 Å². The van der Waals surface area contributed by atoms with Crippen molar-refractivity contribution in [3.63, 3.8) is 0 Å². The van der Waals surface area contributed by atoms with Crippen molar-refractivity contribution in [1.29, 1.82) is 0 Å². The first-order chi connectivity index (χ1) is 5.89. The summed E-state index contributed by atoms with van der Waals surface area (Å²) in [5.74, 6) is 0.915. The summed E-state index contributed by atoms with van der Waals surface area (Å²) < 4.78 is 0. The zero-order valence-electron chi connectivity index (χ0n) is 8.48. The van der Waals surface area contributed by atoms with E-state index >= 15 is 0 Å². The van der Waals surface area contributed by atoms with Crippen molar-refractivity contribution >= 4 is 11.7 Å². The van der Waals surface area contributed by atoms with Gasteiger partial charge in [-0.2, -0.15) is 0 Å². The van der Waals surface area contributed by atoms with Crippen molar-refractivity contribution < 1.29 is 9.79 Å². The Bertz CT molecular complexity index is 306. The lowest BCUT2D eigenvalue weighted by Crippen LogP contribution is -2.87. The molecule has 1 aliphatic heterocycles. The summed E-state index contributed by atoms with van der Waals surface area (Å²) in [4.78, 5) is 14.4. The summed E-state index contributed by atoms with van der Waals surface area (Å²) in [7, 11) is 0. The smallest absolute Gasteiger partial charge is 0.290 e. The molecule has 0 radical (unpaired) electrons. The lowest BCUT2D eigenvalue weighted by molar-refractivity contribution is -0.398. The number of amidine groups is 1. The first-order valence-corrected chi connectivity index (χ1v) is 4.83. The highest BCUT2D eigenvalue weighted by Gasteiger charge is 2.61. The van der Waals surface area contributed by atoms with Crippen molar-refractivity contribution in [2.75, 3.05) is 0 Å². The van der Waals surface area contributed by atoms with Crippen LogP contribution in [0.3, 0.4) is 0 Å². The molecule has 0 aromatic heterocycles. The largest absolute Gasteiger partial charge is 0.310 e. The maximum atomic E-state index is 11.6. The van der Waals surface area contributed by atoms with E-state index in [-0.39, 0.29) is 22.7 Å². The van der Waals surface area contributed by atoms with Crippen LogP contribution in [0.15, 0.2) is 0 Å². The first kappa shape index (κ1) is 8.73. The molecule has 1 amide bonds. The molecule has 0 unspecified atom stereocenters. The Morgan fingerprint density at radius 2 is 2.08 bits per heavy atom.